The highest BCUT2D eigenvalue weighted by molar-refractivity contribution is 6.30. The van der Waals surface area contributed by atoms with Crippen molar-refractivity contribution in [3.05, 3.63) is 65.3 Å². The molecule has 0 aliphatic heterocycles. The highest BCUT2D eigenvalue weighted by atomic mass is 35.5. The first kappa shape index (κ1) is 12.0. The smallest absolute Gasteiger partial charge is 0.174 e. The molecule has 0 spiro atoms. The van der Waals surface area contributed by atoms with Crippen LogP contribution in [0.1, 0.15) is 5.69 Å². The summed E-state index contributed by atoms with van der Waals surface area (Å²) >= 11 is 6.04. The van der Waals surface area contributed by atoms with Crippen molar-refractivity contribution in [3.8, 4) is 22.5 Å². The van der Waals surface area contributed by atoms with Gasteiger partial charge in [0.25, 0.3) is 0 Å². The zero-order chi connectivity index (χ0) is 13.2. The lowest BCUT2D eigenvalue weighted by Gasteiger charge is -2.03. The monoisotopic (exact) mass is 269 g/mol. The molecule has 0 bridgehead atoms. The van der Waals surface area contributed by atoms with Crippen LogP contribution < -0.4 is 0 Å². The maximum absolute atomic E-state index is 6.04. The quantitative estimate of drug-likeness (QED) is 0.656. The van der Waals surface area contributed by atoms with Crippen molar-refractivity contribution in [2.45, 2.75) is 6.92 Å². The molecule has 0 saturated carbocycles. The van der Waals surface area contributed by atoms with Crippen molar-refractivity contribution in [1.29, 1.82) is 0 Å². The Morgan fingerprint density at radius 2 is 1.68 bits per heavy atom. The Morgan fingerprint density at radius 3 is 2.42 bits per heavy atom. The van der Waals surface area contributed by atoms with Gasteiger partial charge in [0.1, 0.15) is 0 Å². The van der Waals surface area contributed by atoms with E-state index in [1.54, 1.807) is 0 Å². The minimum Gasteiger partial charge on any atom is -0.355 e. The zero-order valence-electron chi connectivity index (χ0n) is 10.4. The maximum atomic E-state index is 6.04. The van der Waals surface area contributed by atoms with E-state index in [0.29, 0.717) is 5.02 Å². The topological polar surface area (TPSA) is 26.0 Å². The summed E-state index contributed by atoms with van der Waals surface area (Å²) < 4.78 is 5.48. The molecule has 0 aliphatic carbocycles. The second-order valence-electron chi connectivity index (χ2n) is 4.35. The number of aryl methyl sites for hydroxylation is 1. The van der Waals surface area contributed by atoms with Gasteiger partial charge in [-0.3, -0.25) is 0 Å². The van der Waals surface area contributed by atoms with Crippen LogP contribution >= 0.6 is 11.6 Å². The molecule has 1 aromatic heterocycles. The van der Waals surface area contributed by atoms with Gasteiger partial charge in [-0.1, -0.05) is 59.2 Å². The normalized spacial score (nSPS) is 10.6. The number of hydrogen-bond acceptors (Lipinski definition) is 2. The molecule has 0 saturated heterocycles. The standard InChI is InChI=1S/C16H12ClNO/c1-11-15(12-6-3-2-4-7-12)16(19-18-11)13-8-5-9-14(17)10-13/h2-10H,1H3. The minimum atomic E-state index is 0.686. The van der Waals surface area contributed by atoms with E-state index in [0.717, 1.165) is 28.1 Å². The molecule has 2 nitrogen and oxygen atoms in total. The van der Waals surface area contributed by atoms with Crippen LogP contribution in [-0.4, -0.2) is 5.16 Å². The lowest BCUT2D eigenvalue weighted by molar-refractivity contribution is 0.427. The summed E-state index contributed by atoms with van der Waals surface area (Å²) in [5.74, 6) is 0.756. The fourth-order valence-electron chi connectivity index (χ4n) is 2.14. The molecule has 3 heteroatoms. The van der Waals surface area contributed by atoms with Crippen molar-refractivity contribution in [2.75, 3.05) is 0 Å². The van der Waals surface area contributed by atoms with Crippen LogP contribution in [0, 0.1) is 6.92 Å². The van der Waals surface area contributed by atoms with E-state index < -0.39 is 0 Å². The molecule has 19 heavy (non-hydrogen) atoms. The Hall–Kier alpha value is -2.06. The lowest BCUT2D eigenvalue weighted by atomic mass is 10.00. The number of benzene rings is 2. The van der Waals surface area contributed by atoms with Crippen LogP contribution in [0.3, 0.4) is 0 Å². The molecule has 94 valence electrons. The number of halogens is 1. The van der Waals surface area contributed by atoms with Crippen LogP contribution in [-0.2, 0) is 0 Å². The van der Waals surface area contributed by atoms with E-state index in [1.165, 1.54) is 0 Å². The maximum Gasteiger partial charge on any atom is 0.174 e. The van der Waals surface area contributed by atoms with E-state index in [2.05, 4.69) is 5.16 Å². The number of aromatic nitrogens is 1. The van der Waals surface area contributed by atoms with Gasteiger partial charge in [-0.2, -0.15) is 0 Å². The Balaban J connectivity index is 2.19. The van der Waals surface area contributed by atoms with Crippen molar-refractivity contribution in [2.24, 2.45) is 0 Å². The molecule has 0 N–H and O–H groups in total. The summed E-state index contributed by atoms with van der Waals surface area (Å²) in [5, 5.41) is 4.77. The summed E-state index contributed by atoms with van der Waals surface area (Å²) in [6.07, 6.45) is 0. The predicted molar refractivity (Wildman–Crippen MR) is 77.1 cm³/mol. The highest BCUT2D eigenvalue weighted by Crippen LogP contribution is 2.35. The van der Waals surface area contributed by atoms with Gasteiger partial charge in [-0.15, -0.1) is 0 Å². The Kier molecular flexibility index (Phi) is 3.10. The third-order valence-electron chi connectivity index (χ3n) is 3.01. The second-order valence-corrected chi connectivity index (χ2v) is 4.78. The van der Waals surface area contributed by atoms with Crippen molar-refractivity contribution >= 4 is 11.6 Å². The van der Waals surface area contributed by atoms with Crippen LogP contribution in [0.2, 0.25) is 5.02 Å². The van der Waals surface area contributed by atoms with Gasteiger partial charge >= 0.3 is 0 Å². The van der Waals surface area contributed by atoms with Crippen molar-refractivity contribution in [1.82, 2.24) is 5.16 Å². The van der Waals surface area contributed by atoms with E-state index in [9.17, 15) is 0 Å². The van der Waals surface area contributed by atoms with Crippen molar-refractivity contribution < 1.29 is 4.52 Å². The molecule has 0 amide bonds. The van der Waals surface area contributed by atoms with Crippen molar-refractivity contribution in [3.63, 3.8) is 0 Å². The van der Waals surface area contributed by atoms with Crippen LogP contribution in [0.5, 0.6) is 0 Å². The number of nitrogens with zero attached hydrogens (tertiary/aromatic N) is 1. The van der Waals surface area contributed by atoms with Crippen LogP contribution in [0.25, 0.3) is 22.5 Å². The van der Waals surface area contributed by atoms with Gasteiger partial charge in [0.15, 0.2) is 5.76 Å². The van der Waals surface area contributed by atoms with Gasteiger partial charge in [0, 0.05) is 10.6 Å². The zero-order valence-corrected chi connectivity index (χ0v) is 11.2. The molecule has 2 aromatic carbocycles. The van der Waals surface area contributed by atoms with Gasteiger partial charge in [-0.05, 0) is 24.6 Å². The van der Waals surface area contributed by atoms with E-state index in [1.807, 2.05) is 61.5 Å². The Morgan fingerprint density at radius 1 is 0.947 bits per heavy atom. The predicted octanol–water partition coefficient (Wildman–Crippen LogP) is 4.97. The third-order valence-corrected chi connectivity index (χ3v) is 3.25. The first-order valence-electron chi connectivity index (χ1n) is 6.03. The van der Waals surface area contributed by atoms with E-state index in [4.69, 9.17) is 16.1 Å². The molecule has 0 radical (unpaired) electrons. The molecule has 0 fully saturated rings. The van der Waals surface area contributed by atoms with Gasteiger partial charge in [0.05, 0.1) is 11.3 Å². The average Bonchev–Trinajstić information content (AvgIpc) is 2.82. The highest BCUT2D eigenvalue weighted by Gasteiger charge is 2.16. The minimum absolute atomic E-state index is 0.686. The van der Waals surface area contributed by atoms with Gasteiger partial charge in [0.2, 0.25) is 0 Å². The second kappa shape index (κ2) is 4.90. The molecular formula is C16H12ClNO. The largest absolute Gasteiger partial charge is 0.355 e. The first-order chi connectivity index (χ1) is 9.25. The molecule has 0 aliphatic rings. The molecule has 0 atom stereocenters. The number of hydrogen-bond donors (Lipinski definition) is 0. The summed E-state index contributed by atoms with van der Waals surface area (Å²) in [6.45, 7) is 1.94. The fourth-order valence-corrected chi connectivity index (χ4v) is 2.33. The molecule has 3 rings (SSSR count). The first-order valence-corrected chi connectivity index (χ1v) is 6.41. The average molecular weight is 270 g/mol. The Bertz CT molecular complexity index is 704. The molecule has 1 heterocycles. The van der Waals surface area contributed by atoms with Crippen LogP contribution in [0.4, 0.5) is 0 Å². The van der Waals surface area contributed by atoms with Crippen LogP contribution in [0.15, 0.2) is 59.1 Å². The Labute approximate surface area is 116 Å². The molecular weight excluding hydrogens is 258 g/mol. The SMILES string of the molecule is Cc1noc(-c2cccc(Cl)c2)c1-c1ccccc1. The van der Waals surface area contributed by atoms with E-state index in [-0.39, 0.29) is 0 Å². The number of rotatable bonds is 2. The molecule has 0 unspecified atom stereocenters. The van der Waals surface area contributed by atoms with Gasteiger partial charge < -0.3 is 4.52 Å². The lowest BCUT2D eigenvalue weighted by Crippen LogP contribution is -1.82. The van der Waals surface area contributed by atoms with Gasteiger partial charge in [-0.25, -0.2) is 0 Å². The summed E-state index contributed by atoms with van der Waals surface area (Å²) in [4.78, 5) is 0. The summed E-state index contributed by atoms with van der Waals surface area (Å²) in [7, 11) is 0. The summed E-state index contributed by atoms with van der Waals surface area (Å²) in [5.41, 5.74) is 3.92. The van der Waals surface area contributed by atoms with E-state index >= 15 is 0 Å². The third kappa shape index (κ3) is 2.27. The fraction of sp³-hybridized carbons (Fsp3) is 0.0625. The summed E-state index contributed by atoms with van der Waals surface area (Å²) in [6, 6.07) is 17.7. The molecule has 3 aromatic rings.